The number of amides is 1. The molecule has 0 unspecified atom stereocenters. The van der Waals surface area contributed by atoms with Crippen molar-refractivity contribution in [3.05, 3.63) is 59.2 Å². The van der Waals surface area contributed by atoms with Crippen LogP contribution in [0.25, 0.3) is 11.3 Å². The van der Waals surface area contributed by atoms with Crippen molar-refractivity contribution in [1.82, 2.24) is 24.6 Å². The van der Waals surface area contributed by atoms with Crippen LogP contribution in [0, 0.1) is 17.6 Å². The molecule has 7 nitrogen and oxygen atoms in total. The summed E-state index contributed by atoms with van der Waals surface area (Å²) in [6.45, 7) is 3.63. The van der Waals surface area contributed by atoms with Crippen LogP contribution < -0.4 is 4.90 Å². The molecule has 5 rings (SSSR count). The van der Waals surface area contributed by atoms with E-state index in [4.69, 9.17) is 9.97 Å². The lowest BCUT2D eigenvalue weighted by Crippen LogP contribution is -2.38. The first-order valence-corrected chi connectivity index (χ1v) is 11.8. The average Bonchev–Trinajstić information content (AvgIpc) is 3.28. The second kappa shape index (κ2) is 9.31. The van der Waals surface area contributed by atoms with Gasteiger partial charge in [0.05, 0.1) is 24.1 Å². The van der Waals surface area contributed by atoms with Gasteiger partial charge in [-0.2, -0.15) is 5.10 Å². The van der Waals surface area contributed by atoms with E-state index in [0.717, 1.165) is 34.9 Å². The maximum Gasteiger partial charge on any atom is 0.219 e. The molecule has 4 heterocycles. The molecule has 184 valence electrons. The van der Waals surface area contributed by atoms with E-state index in [9.17, 15) is 13.6 Å². The van der Waals surface area contributed by atoms with E-state index in [-0.39, 0.29) is 17.4 Å². The zero-order chi connectivity index (χ0) is 24.7. The zero-order valence-electron chi connectivity index (χ0n) is 19.7. The molecule has 1 saturated heterocycles. The number of alkyl halides is 1. The Morgan fingerprint density at radius 3 is 2.54 bits per heavy atom. The molecule has 2 aliphatic heterocycles. The molecule has 0 radical (unpaired) electrons. The highest BCUT2D eigenvalue weighted by atomic mass is 19.1. The van der Waals surface area contributed by atoms with Crippen molar-refractivity contribution >= 4 is 11.7 Å². The molecule has 0 N–H and O–H groups in total. The normalized spacial score (nSPS) is 17.4. The number of hydrogen-bond donors (Lipinski definition) is 0. The van der Waals surface area contributed by atoms with Crippen molar-refractivity contribution in [3.63, 3.8) is 0 Å². The monoisotopic (exact) mass is 484 g/mol. The lowest BCUT2D eigenvalue weighted by Gasteiger charge is -2.36. The Kier molecular flexibility index (Phi) is 6.21. The molecule has 1 amide bonds. The molecule has 10 heteroatoms. The van der Waals surface area contributed by atoms with E-state index in [0.29, 0.717) is 51.1 Å². The third kappa shape index (κ3) is 4.61. The highest BCUT2D eigenvalue weighted by molar-refractivity contribution is 5.74. The number of nitrogens with zero attached hydrogens (tertiary/aromatic N) is 6. The Hall–Kier alpha value is -3.43. The van der Waals surface area contributed by atoms with E-state index in [1.54, 1.807) is 22.7 Å². The van der Waals surface area contributed by atoms with Gasteiger partial charge < -0.3 is 9.80 Å². The highest BCUT2D eigenvalue weighted by Crippen LogP contribution is 2.38. The number of carbonyl (C=O) groups is 1. The van der Waals surface area contributed by atoms with Crippen LogP contribution in [0.15, 0.2) is 30.6 Å². The largest absolute Gasteiger partial charge is 0.355 e. The van der Waals surface area contributed by atoms with E-state index in [2.05, 4.69) is 10.00 Å². The van der Waals surface area contributed by atoms with Gasteiger partial charge in [0.15, 0.2) is 5.82 Å². The van der Waals surface area contributed by atoms with Gasteiger partial charge in [-0.1, -0.05) is 6.07 Å². The van der Waals surface area contributed by atoms with Gasteiger partial charge in [-0.05, 0) is 24.8 Å². The summed E-state index contributed by atoms with van der Waals surface area (Å²) in [6.07, 6.45) is 3.72. The van der Waals surface area contributed by atoms with Gasteiger partial charge in [0.1, 0.15) is 23.5 Å². The molecule has 0 saturated carbocycles. The predicted molar refractivity (Wildman–Crippen MR) is 124 cm³/mol. The average molecular weight is 485 g/mol. The molecule has 1 fully saturated rings. The van der Waals surface area contributed by atoms with Crippen LogP contribution in [0.2, 0.25) is 0 Å². The zero-order valence-corrected chi connectivity index (χ0v) is 19.7. The summed E-state index contributed by atoms with van der Waals surface area (Å²) in [6, 6.07) is 3.02. The van der Waals surface area contributed by atoms with E-state index in [1.165, 1.54) is 6.07 Å². The third-order valence-electron chi connectivity index (χ3n) is 6.93. The third-order valence-corrected chi connectivity index (χ3v) is 6.93. The smallest absolute Gasteiger partial charge is 0.219 e. The van der Waals surface area contributed by atoms with E-state index in [1.807, 2.05) is 13.2 Å². The number of rotatable bonds is 4. The Balaban J connectivity index is 1.40. The first-order chi connectivity index (χ1) is 16.8. The number of anilines is 1. The van der Waals surface area contributed by atoms with Crippen LogP contribution in [-0.2, 0) is 24.8 Å². The summed E-state index contributed by atoms with van der Waals surface area (Å²) >= 11 is 0. The van der Waals surface area contributed by atoms with E-state index >= 15 is 4.39 Å². The van der Waals surface area contributed by atoms with Gasteiger partial charge in [0, 0.05) is 63.4 Å². The maximum absolute atomic E-state index is 15.2. The fourth-order valence-electron chi connectivity index (χ4n) is 4.93. The quantitative estimate of drug-likeness (QED) is 0.560. The minimum atomic E-state index is -1.50. The summed E-state index contributed by atoms with van der Waals surface area (Å²) in [7, 11) is 1.83. The molecule has 1 aromatic carbocycles. The van der Waals surface area contributed by atoms with Crippen LogP contribution in [0.5, 0.6) is 0 Å². The molecule has 1 atom stereocenters. The minimum Gasteiger partial charge on any atom is -0.355 e. The summed E-state index contributed by atoms with van der Waals surface area (Å²) in [5.74, 6) is -1.21. The summed E-state index contributed by atoms with van der Waals surface area (Å²) in [5, 5.41) is 4.27. The SMILES string of the molecule is CC(=O)N1CCc2nc(N3CCC([C@H](F)c4ccc(F)cc4F)CC3)c(-c3cnn(C)c3)nc2C1. The Bertz CT molecular complexity index is 1250. The molecule has 0 spiro atoms. The molecule has 3 aromatic rings. The lowest BCUT2D eigenvalue weighted by atomic mass is 9.88. The Morgan fingerprint density at radius 2 is 1.89 bits per heavy atom. The Labute approximate surface area is 201 Å². The van der Waals surface area contributed by atoms with Gasteiger partial charge in [0.2, 0.25) is 5.91 Å². The number of aryl methyl sites for hydroxylation is 1. The molecule has 2 aromatic heterocycles. The fourth-order valence-corrected chi connectivity index (χ4v) is 4.93. The van der Waals surface area contributed by atoms with Crippen molar-refractivity contribution in [3.8, 4) is 11.3 Å². The van der Waals surface area contributed by atoms with Crippen molar-refractivity contribution in [2.45, 2.75) is 38.9 Å². The Morgan fingerprint density at radius 1 is 1.11 bits per heavy atom. The molecule has 35 heavy (non-hydrogen) atoms. The standard InChI is InChI=1S/C25H27F3N6O/c1-15(35)34-10-7-21-22(14-34)30-24(17-12-29-32(2)13-17)25(31-21)33-8-5-16(6-9-33)23(28)19-4-3-18(26)11-20(19)27/h3-4,11-13,16,23H,5-10,14H2,1-2H3/t23-/m0/s1. The van der Waals surface area contributed by atoms with Gasteiger partial charge in [-0.25, -0.2) is 23.1 Å². The van der Waals surface area contributed by atoms with Crippen molar-refractivity contribution in [1.29, 1.82) is 0 Å². The van der Waals surface area contributed by atoms with Crippen LogP contribution >= 0.6 is 0 Å². The van der Waals surface area contributed by atoms with Gasteiger partial charge in [0.25, 0.3) is 0 Å². The molecule has 0 bridgehead atoms. The number of halogens is 3. The van der Waals surface area contributed by atoms with Crippen LogP contribution in [0.4, 0.5) is 19.0 Å². The number of fused-ring (bicyclic) bond motifs is 1. The topological polar surface area (TPSA) is 67.2 Å². The number of carbonyl (C=O) groups excluding carboxylic acids is 1. The summed E-state index contributed by atoms with van der Waals surface area (Å²) in [5.41, 5.74) is 3.05. The number of hydrogen-bond acceptors (Lipinski definition) is 5. The van der Waals surface area contributed by atoms with Crippen LogP contribution in [-0.4, -0.2) is 50.2 Å². The highest BCUT2D eigenvalue weighted by Gasteiger charge is 2.32. The number of benzene rings is 1. The fraction of sp³-hybridized carbons (Fsp3) is 0.440. The summed E-state index contributed by atoms with van der Waals surface area (Å²) in [4.78, 5) is 25.6. The van der Waals surface area contributed by atoms with E-state index < -0.39 is 17.8 Å². The van der Waals surface area contributed by atoms with Crippen molar-refractivity contribution in [2.75, 3.05) is 24.5 Å². The second-order valence-corrected chi connectivity index (χ2v) is 9.27. The van der Waals surface area contributed by atoms with Gasteiger partial charge in [-0.3, -0.25) is 9.48 Å². The number of aromatic nitrogens is 4. The maximum atomic E-state index is 15.2. The molecular weight excluding hydrogens is 457 g/mol. The minimum absolute atomic E-state index is 0.00453. The van der Waals surface area contributed by atoms with Crippen molar-refractivity contribution < 1.29 is 18.0 Å². The summed E-state index contributed by atoms with van der Waals surface area (Å²) < 4.78 is 44.2. The first kappa shape index (κ1) is 23.3. The number of piperidine rings is 1. The van der Waals surface area contributed by atoms with Gasteiger partial charge >= 0.3 is 0 Å². The first-order valence-electron chi connectivity index (χ1n) is 11.8. The lowest BCUT2D eigenvalue weighted by molar-refractivity contribution is -0.129. The molecular formula is C25H27F3N6O. The molecule has 0 aliphatic carbocycles. The van der Waals surface area contributed by atoms with Gasteiger partial charge in [-0.15, -0.1) is 0 Å². The molecule has 2 aliphatic rings. The van der Waals surface area contributed by atoms with Crippen LogP contribution in [0.3, 0.4) is 0 Å². The second-order valence-electron chi connectivity index (χ2n) is 9.27. The van der Waals surface area contributed by atoms with Crippen molar-refractivity contribution in [2.24, 2.45) is 13.0 Å². The predicted octanol–water partition coefficient (Wildman–Crippen LogP) is 3.99. The van der Waals surface area contributed by atoms with Crippen LogP contribution in [0.1, 0.15) is 42.9 Å².